The molecule has 0 amide bonds. The minimum absolute atomic E-state index is 0.579. The second-order valence-electron chi connectivity index (χ2n) is 5.01. The smallest absolute Gasteiger partial charge is 0.0221 e. The van der Waals surface area contributed by atoms with Crippen LogP contribution in [0.5, 0.6) is 0 Å². The van der Waals surface area contributed by atoms with Gasteiger partial charge in [0.25, 0.3) is 0 Å². The lowest BCUT2D eigenvalue weighted by Crippen LogP contribution is -2.43. The third-order valence-electron chi connectivity index (χ3n) is 3.79. The van der Waals surface area contributed by atoms with Gasteiger partial charge in [-0.25, -0.2) is 0 Å². The molecule has 17 heavy (non-hydrogen) atoms. The highest BCUT2D eigenvalue weighted by Gasteiger charge is 2.18. The predicted octanol–water partition coefficient (Wildman–Crippen LogP) is 2.43. The summed E-state index contributed by atoms with van der Waals surface area (Å²) in [5, 5.41) is 0. The first-order chi connectivity index (χ1) is 8.40. The summed E-state index contributed by atoms with van der Waals surface area (Å²) in [6, 6.07) is 11.3. The molecule has 0 radical (unpaired) electrons. The van der Waals surface area contributed by atoms with E-state index in [0.717, 1.165) is 13.0 Å². The van der Waals surface area contributed by atoms with Gasteiger partial charge in [0.2, 0.25) is 0 Å². The van der Waals surface area contributed by atoms with Gasteiger partial charge in [0.05, 0.1) is 0 Å². The number of hydrogen-bond acceptors (Lipinski definition) is 2. The molecular formula is C15H24N2. The number of likely N-dealkylation sites (tertiary alicyclic amines) is 1. The van der Waals surface area contributed by atoms with Gasteiger partial charge in [-0.1, -0.05) is 36.8 Å². The van der Waals surface area contributed by atoms with Crippen LogP contribution in [-0.4, -0.2) is 30.6 Å². The maximum Gasteiger partial charge on any atom is 0.0221 e. The summed E-state index contributed by atoms with van der Waals surface area (Å²) in [5.41, 5.74) is 7.36. The van der Waals surface area contributed by atoms with E-state index >= 15 is 0 Å². The lowest BCUT2D eigenvalue weighted by Gasteiger charge is -2.34. The zero-order chi connectivity index (χ0) is 11.9. The highest BCUT2D eigenvalue weighted by atomic mass is 15.2. The first kappa shape index (κ1) is 12.6. The van der Waals surface area contributed by atoms with Gasteiger partial charge in [0.15, 0.2) is 0 Å². The Labute approximate surface area is 105 Å². The van der Waals surface area contributed by atoms with Gasteiger partial charge < -0.3 is 5.73 Å². The first-order valence-electron chi connectivity index (χ1n) is 6.88. The van der Waals surface area contributed by atoms with E-state index in [1.54, 1.807) is 0 Å². The summed E-state index contributed by atoms with van der Waals surface area (Å²) in [7, 11) is 0. The minimum Gasteiger partial charge on any atom is -0.329 e. The van der Waals surface area contributed by atoms with E-state index in [0.29, 0.717) is 6.04 Å². The molecule has 2 heteroatoms. The Kier molecular flexibility index (Phi) is 5.02. The standard InChI is InChI=1S/C15H24N2/c16-13-15(17-11-5-2-6-12-17)10-9-14-7-3-1-4-8-14/h1,3-4,7-8,15H,2,5-6,9-13,16H2. The highest BCUT2D eigenvalue weighted by Crippen LogP contribution is 2.15. The van der Waals surface area contributed by atoms with Gasteiger partial charge in [-0.3, -0.25) is 4.90 Å². The van der Waals surface area contributed by atoms with Crippen LogP contribution in [0.3, 0.4) is 0 Å². The van der Waals surface area contributed by atoms with Crippen LogP contribution in [0, 0.1) is 0 Å². The molecule has 94 valence electrons. The predicted molar refractivity (Wildman–Crippen MR) is 73.0 cm³/mol. The molecular weight excluding hydrogens is 208 g/mol. The largest absolute Gasteiger partial charge is 0.329 e. The molecule has 0 aromatic heterocycles. The molecule has 2 N–H and O–H groups in total. The fourth-order valence-corrected chi connectivity index (χ4v) is 2.71. The van der Waals surface area contributed by atoms with Gasteiger partial charge in [0.1, 0.15) is 0 Å². The number of aryl methyl sites for hydroxylation is 1. The lowest BCUT2D eigenvalue weighted by molar-refractivity contribution is 0.159. The summed E-state index contributed by atoms with van der Waals surface area (Å²) in [5.74, 6) is 0. The normalized spacial score (nSPS) is 19.1. The van der Waals surface area contributed by atoms with E-state index in [9.17, 15) is 0 Å². The lowest BCUT2D eigenvalue weighted by atomic mass is 10.0. The summed E-state index contributed by atoms with van der Waals surface area (Å²) in [6.07, 6.45) is 6.44. The van der Waals surface area contributed by atoms with Crippen molar-refractivity contribution in [3.8, 4) is 0 Å². The van der Waals surface area contributed by atoms with Crippen LogP contribution < -0.4 is 5.73 Å². The Morgan fingerprint density at radius 1 is 1.06 bits per heavy atom. The Bertz CT molecular complexity index is 304. The van der Waals surface area contributed by atoms with Crippen molar-refractivity contribution < 1.29 is 0 Å². The fraction of sp³-hybridized carbons (Fsp3) is 0.600. The van der Waals surface area contributed by atoms with Crippen molar-refractivity contribution in [2.75, 3.05) is 19.6 Å². The van der Waals surface area contributed by atoms with Crippen molar-refractivity contribution in [3.05, 3.63) is 35.9 Å². The molecule has 0 aliphatic carbocycles. The second-order valence-corrected chi connectivity index (χ2v) is 5.01. The number of piperidine rings is 1. The van der Waals surface area contributed by atoms with E-state index in [2.05, 4.69) is 35.2 Å². The van der Waals surface area contributed by atoms with Crippen LogP contribution in [-0.2, 0) is 6.42 Å². The van der Waals surface area contributed by atoms with Crippen molar-refractivity contribution in [1.82, 2.24) is 4.90 Å². The molecule has 2 nitrogen and oxygen atoms in total. The van der Waals surface area contributed by atoms with E-state index in [1.807, 2.05) is 0 Å². The Morgan fingerprint density at radius 3 is 2.41 bits per heavy atom. The van der Waals surface area contributed by atoms with Crippen LogP contribution in [0.15, 0.2) is 30.3 Å². The molecule has 1 unspecified atom stereocenters. The second kappa shape index (κ2) is 6.77. The zero-order valence-electron chi connectivity index (χ0n) is 10.6. The number of benzene rings is 1. The summed E-state index contributed by atoms with van der Waals surface area (Å²) >= 11 is 0. The Balaban J connectivity index is 1.82. The molecule has 1 fully saturated rings. The quantitative estimate of drug-likeness (QED) is 0.845. The maximum absolute atomic E-state index is 5.93. The van der Waals surface area contributed by atoms with E-state index in [1.165, 1.54) is 44.3 Å². The number of rotatable bonds is 5. The van der Waals surface area contributed by atoms with Crippen LogP contribution >= 0.6 is 0 Å². The van der Waals surface area contributed by atoms with E-state index in [-0.39, 0.29) is 0 Å². The van der Waals surface area contributed by atoms with Crippen molar-refractivity contribution in [2.24, 2.45) is 5.73 Å². The molecule has 0 bridgehead atoms. The Hall–Kier alpha value is -0.860. The molecule has 1 aromatic rings. The highest BCUT2D eigenvalue weighted by molar-refractivity contribution is 5.14. The molecule has 1 aromatic carbocycles. The molecule has 0 saturated carbocycles. The number of nitrogens with zero attached hydrogens (tertiary/aromatic N) is 1. The van der Waals surface area contributed by atoms with Gasteiger partial charge in [-0.2, -0.15) is 0 Å². The average Bonchev–Trinajstić information content (AvgIpc) is 2.42. The zero-order valence-corrected chi connectivity index (χ0v) is 10.6. The van der Waals surface area contributed by atoms with E-state index in [4.69, 9.17) is 5.73 Å². The van der Waals surface area contributed by atoms with Gasteiger partial charge in [-0.15, -0.1) is 0 Å². The van der Waals surface area contributed by atoms with Crippen molar-refractivity contribution in [2.45, 2.75) is 38.1 Å². The van der Waals surface area contributed by atoms with Crippen molar-refractivity contribution in [3.63, 3.8) is 0 Å². The molecule has 1 atom stereocenters. The van der Waals surface area contributed by atoms with Gasteiger partial charge in [-0.05, 0) is 44.3 Å². The topological polar surface area (TPSA) is 29.3 Å². The fourth-order valence-electron chi connectivity index (χ4n) is 2.71. The molecule has 1 aliphatic heterocycles. The third kappa shape index (κ3) is 3.83. The summed E-state index contributed by atoms with van der Waals surface area (Å²) in [4.78, 5) is 2.59. The monoisotopic (exact) mass is 232 g/mol. The molecule has 1 aliphatic rings. The average molecular weight is 232 g/mol. The molecule has 1 saturated heterocycles. The van der Waals surface area contributed by atoms with Gasteiger partial charge >= 0.3 is 0 Å². The van der Waals surface area contributed by atoms with Crippen molar-refractivity contribution in [1.29, 1.82) is 0 Å². The minimum atomic E-state index is 0.579. The number of hydrogen-bond donors (Lipinski definition) is 1. The molecule has 2 rings (SSSR count). The third-order valence-corrected chi connectivity index (χ3v) is 3.79. The van der Waals surface area contributed by atoms with Crippen LogP contribution in [0.25, 0.3) is 0 Å². The van der Waals surface area contributed by atoms with Crippen LogP contribution in [0.2, 0.25) is 0 Å². The summed E-state index contributed by atoms with van der Waals surface area (Å²) in [6.45, 7) is 3.29. The van der Waals surface area contributed by atoms with Crippen molar-refractivity contribution >= 4 is 0 Å². The SMILES string of the molecule is NCC(CCc1ccccc1)N1CCCCC1. The number of nitrogens with two attached hydrogens (primary N) is 1. The first-order valence-corrected chi connectivity index (χ1v) is 6.88. The van der Waals surface area contributed by atoms with Crippen LogP contribution in [0.4, 0.5) is 0 Å². The maximum atomic E-state index is 5.93. The van der Waals surface area contributed by atoms with E-state index < -0.39 is 0 Å². The summed E-state index contributed by atoms with van der Waals surface area (Å²) < 4.78 is 0. The molecule has 0 spiro atoms. The van der Waals surface area contributed by atoms with Gasteiger partial charge in [0, 0.05) is 12.6 Å². The Morgan fingerprint density at radius 2 is 1.76 bits per heavy atom. The molecule has 1 heterocycles. The van der Waals surface area contributed by atoms with Crippen LogP contribution in [0.1, 0.15) is 31.2 Å².